The van der Waals surface area contributed by atoms with E-state index in [1.807, 2.05) is 0 Å². The molecule has 3 amide bonds. The molecular formula is C18H24N2O5S. The first kappa shape index (κ1) is 20.1. The zero-order chi connectivity index (χ0) is 19.6. The minimum absolute atomic E-state index is 0.0798. The quantitative estimate of drug-likeness (QED) is 0.310. The van der Waals surface area contributed by atoms with E-state index >= 15 is 0 Å². The Morgan fingerprint density at radius 2 is 1.77 bits per heavy atom. The van der Waals surface area contributed by atoms with Gasteiger partial charge in [0.2, 0.25) is 0 Å². The maximum atomic E-state index is 12.7. The Morgan fingerprint density at radius 3 is 2.31 bits per heavy atom. The van der Waals surface area contributed by atoms with Gasteiger partial charge in [-0.25, -0.2) is 10.0 Å². The summed E-state index contributed by atoms with van der Waals surface area (Å²) in [7, 11) is 2.25. The Balaban J connectivity index is 2.17. The highest BCUT2D eigenvalue weighted by Crippen LogP contribution is 2.33. The molecule has 7 nitrogen and oxygen atoms in total. The number of hydrogen-bond donors (Lipinski definition) is 0. The largest absolute Gasteiger partial charge is 0.360 e. The number of benzene rings is 1. The number of carbonyl (C=O) groups is 4. The maximum absolute atomic E-state index is 12.7. The Bertz CT molecular complexity index is 770. The van der Waals surface area contributed by atoms with Gasteiger partial charge in [0.1, 0.15) is 6.73 Å². The first-order chi connectivity index (χ1) is 12.1. The van der Waals surface area contributed by atoms with E-state index in [1.54, 1.807) is 7.05 Å². The van der Waals surface area contributed by atoms with Crippen LogP contribution in [0.25, 0.3) is 0 Å². The second-order valence-electron chi connectivity index (χ2n) is 7.11. The van der Waals surface area contributed by atoms with E-state index < -0.39 is 27.7 Å². The summed E-state index contributed by atoms with van der Waals surface area (Å²) in [6, 6.07) is 2.62. The highest BCUT2D eigenvalue weighted by molar-refractivity contribution is 8.32. The lowest BCUT2D eigenvalue weighted by Crippen LogP contribution is -2.31. The van der Waals surface area contributed by atoms with Crippen molar-refractivity contribution in [3.05, 3.63) is 34.4 Å². The van der Waals surface area contributed by atoms with Gasteiger partial charge in [-0.05, 0) is 30.9 Å². The van der Waals surface area contributed by atoms with Crippen LogP contribution in [0.15, 0.2) is 12.1 Å². The average Bonchev–Trinajstić information content (AvgIpc) is 2.80. The maximum Gasteiger partial charge on any atom is 0.261 e. The second-order valence-corrected chi connectivity index (χ2v) is 11.7. The third-order valence-corrected chi connectivity index (χ3v) is 5.48. The average molecular weight is 380 g/mol. The molecule has 0 aliphatic carbocycles. The fourth-order valence-electron chi connectivity index (χ4n) is 2.48. The van der Waals surface area contributed by atoms with Crippen LogP contribution in [0.3, 0.4) is 0 Å². The van der Waals surface area contributed by atoms with Gasteiger partial charge < -0.3 is 9.64 Å². The molecule has 0 spiro atoms. The summed E-state index contributed by atoms with van der Waals surface area (Å²) in [4.78, 5) is 50.5. The molecule has 1 aromatic rings. The van der Waals surface area contributed by atoms with E-state index in [9.17, 15) is 19.2 Å². The van der Waals surface area contributed by atoms with E-state index in [-0.39, 0.29) is 29.0 Å². The van der Waals surface area contributed by atoms with Crippen molar-refractivity contribution in [2.45, 2.75) is 0 Å². The standard InChI is InChI=1S/C18H24N2O5S/c1-19(11-25-6-7-26(3,4)5)16(22)13-9-15-14(8-12(13)10-21)17(23)20(2)18(15)24/h8-10H,6-7,11H2,1-5H3. The summed E-state index contributed by atoms with van der Waals surface area (Å²) in [5.41, 5.74) is 0.444. The van der Waals surface area contributed by atoms with Gasteiger partial charge in [-0.2, -0.15) is 0 Å². The molecule has 1 aromatic carbocycles. The number of nitrogens with zero attached hydrogens (tertiary/aromatic N) is 2. The third-order valence-electron chi connectivity index (χ3n) is 4.09. The van der Waals surface area contributed by atoms with E-state index in [1.165, 1.54) is 24.1 Å². The SMILES string of the molecule is CN(COCCS(C)(C)C)C(=O)c1cc2c(cc1C=O)C(=O)N(C)C2=O. The van der Waals surface area contributed by atoms with Crippen LogP contribution >= 0.6 is 10.0 Å². The molecule has 0 N–H and O–H groups in total. The number of carbonyl (C=O) groups excluding carboxylic acids is 4. The van der Waals surface area contributed by atoms with E-state index in [4.69, 9.17) is 4.74 Å². The number of fused-ring (bicyclic) bond motifs is 1. The summed E-state index contributed by atoms with van der Waals surface area (Å²) in [5, 5.41) is 0. The topological polar surface area (TPSA) is 84.0 Å². The van der Waals surface area contributed by atoms with Crippen LogP contribution in [0.1, 0.15) is 41.4 Å². The number of imide groups is 1. The van der Waals surface area contributed by atoms with Crippen LogP contribution < -0.4 is 0 Å². The molecule has 142 valence electrons. The van der Waals surface area contributed by atoms with E-state index in [2.05, 4.69) is 18.8 Å². The number of hydrogen-bond acceptors (Lipinski definition) is 5. The zero-order valence-electron chi connectivity index (χ0n) is 15.7. The monoisotopic (exact) mass is 380 g/mol. The van der Waals surface area contributed by atoms with Crippen molar-refractivity contribution >= 4 is 34.0 Å². The fraction of sp³-hybridized carbons (Fsp3) is 0.444. The van der Waals surface area contributed by atoms with Crippen LogP contribution in [0.2, 0.25) is 0 Å². The summed E-state index contributed by atoms with van der Waals surface area (Å²) in [6.45, 7) is 0.621. The van der Waals surface area contributed by atoms with Crippen molar-refractivity contribution in [3.8, 4) is 0 Å². The van der Waals surface area contributed by atoms with Gasteiger partial charge in [-0.3, -0.25) is 24.1 Å². The van der Waals surface area contributed by atoms with E-state index in [0.717, 1.165) is 10.7 Å². The molecule has 0 saturated heterocycles. The van der Waals surface area contributed by atoms with Gasteiger partial charge in [0.05, 0.1) is 23.3 Å². The van der Waals surface area contributed by atoms with Gasteiger partial charge in [0.25, 0.3) is 17.7 Å². The number of ether oxygens (including phenoxy) is 1. The molecule has 0 atom stereocenters. The van der Waals surface area contributed by atoms with Crippen molar-refractivity contribution in [2.75, 3.05) is 52.0 Å². The summed E-state index contributed by atoms with van der Waals surface area (Å²) < 4.78 is 5.54. The number of rotatable bonds is 7. The molecule has 0 unspecified atom stereocenters. The highest BCUT2D eigenvalue weighted by atomic mass is 32.3. The van der Waals surface area contributed by atoms with Crippen molar-refractivity contribution in [1.82, 2.24) is 9.80 Å². The Kier molecular flexibility index (Phi) is 5.87. The fourth-order valence-corrected chi connectivity index (χ4v) is 3.10. The molecule has 8 heteroatoms. The van der Waals surface area contributed by atoms with Crippen LogP contribution in [0, 0.1) is 0 Å². The third kappa shape index (κ3) is 4.13. The molecule has 0 saturated carbocycles. The minimum Gasteiger partial charge on any atom is -0.360 e. The van der Waals surface area contributed by atoms with Crippen molar-refractivity contribution < 1.29 is 23.9 Å². The van der Waals surface area contributed by atoms with Gasteiger partial charge in [0, 0.05) is 25.4 Å². The van der Waals surface area contributed by atoms with Crippen LogP contribution in [-0.2, 0) is 4.74 Å². The summed E-state index contributed by atoms with van der Waals surface area (Å²) >= 11 is 0. The molecule has 0 fully saturated rings. The first-order valence-electron chi connectivity index (χ1n) is 8.01. The molecule has 0 bridgehead atoms. The smallest absolute Gasteiger partial charge is 0.261 e. The van der Waals surface area contributed by atoms with Gasteiger partial charge in [-0.15, -0.1) is 0 Å². The first-order valence-corrected chi connectivity index (χ1v) is 11.0. The molecular weight excluding hydrogens is 356 g/mol. The Labute approximate surface area is 154 Å². The van der Waals surface area contributed by atoms with Crippen molar-refractivity contribution in [3.63, 3.8) is 0 Å². The van der Waals surface area contributed by atoms with Crippen molar-refractivity contribution in [2.24, 2.45) is 0 Å². The number of amides is 3. The lowest BCUT2D eigenvalue weighted by atomic mass is 9.99. The Morgan fingerprint density at radius 1 is 1.19 bits per heavy atom. The zero-order valence-corrected chi connectivity index (χ0v) is 16.5. The van der Waals surface area contributed by atoms with Gasteiger partial charge >= 0.3 is 0 Å². The van der Waals surface area contributed by atoms with Gasteiger partial charge in [-0.1, -0.05) is 0 Å². The predicted octanol–water partition coefficient (Wildman–Crippen LogP) is 1.46. The molecule has 0 radical (unpaired) electrons. The molecule has 1 aliphatic rings. The van der Waals surface area contributed by atoms with Crippen LogP contribution in [0.4, 0.5) is 0 Å². The normalized spacial score (nSPS) is 14.4. The molecule has 0 aromatic heterocycles. The molecule has 1 heterocycles. The Hall–Kier alpha value is -2.19. The van der Waals surface area contributed by atoms with Gasteiger partial charge in [0.15, 0.2) is 6.29 Å². The molecule has 2 rings (SSSR count). The minimum atomic E-state index is -0.677. The second kappa shape index (κ2) is 7.59. The predicted molar refractivity (Wildman–Crippen MR) is 101 cm³/mol. The van der Waals surface area contributed by atoms with Crippen LogP contribution in [-0.4, -0.2) is 85.8 Å². The summed E-state index contributed by atoms with van der Waals surface area (Å²) in [6.07, 6.45) is 7.06. The lowest BCUT2D eigenvalue weighted by Gasteiger charge is -2.25. The number of aldehydes is 1. The summed E-state index contributed by atoms with van der Waals surface area (Å²) in [5.74, 6) is -0.471. The van der Waals surface area contributed by atoms with Crippen molar-refractivity contribution in [1.29, 1.82) is 0 Å². The van der Waals surface area contributed by atoms with Crippen LogP contribution in [0.5, 0.6) is 0 Å². The van der Waals surface area contributed by atoms with E-state index in [0.29, 0.717) is 12.9 Å². The molecule has 26 heavy (non-hydrogen) atoms. The molecule has 1 aliphatic heterocycles. The lowest BCUT2D eigenvalue weighted by molar-refractivity contribution is 0.0383. The highest BCUT2D eigenvalue weighted by Gasteiger charge is 2.34.